The van der Waals surface area contributed by atoms with Crippen molar-refractivity contribution in [2.24, 2.45) is 5.73 Å². The third-order valence-electron chi connectivity index (χ3n) is 6.15. The Kier molecular flexibility index (Phi) is 10.2. The van der Waals surface area contributed by atoms with Crippen LogP contribution in [0.2, 0.25) is 0 Å². The highest BCUT2D eigenvalue weighted by atomic mass is 35.5. The Hall–Kier alpha value is -4.48. The summed E-state index contributed by atoms with van der Waals surface area (Å²) in [5.41, 5.74) is 9.63. The quantitative estimate of drug-likeness (QED) is 0.276. The molecule has 0 saturated carbocycles. The molecule has 4 aromatic rings. The zero-order chi connectivity index (χ0) is 27.9. The van der Waals surface area contributed by atoms with Crippen LogP contribution in [-0.4, -0.2) is 62.5 Å². The number of amides is 1. The monoisotopic (exact) mass is 569 g/mol. The maximum atomic E-state index is 13.0. The lowest BCUT2D eigenvalue weighted by Gasteiger charge is -2.17. The molecule has 0 saturated heterocycles. The number of rotatable bonds is 11. The fourth-order valence-corrected chi connectivity index (χ4v) is 4.11. The lowest BCUT2D eigenvalue weighted by Crippen LogP contribution is -2.37. The summed E-state index contributed by atoms with van der Waals surface area (Å²) >= 11 is 0. The second kappa shape index (κ2) is 13.5. The van der Waals surface area contributed by atoms with Crippen LogP contribution in [0.15, 0.2) is 60.8 Å². The highest BCUT2D eigenvalue weighted by Crippen LogP contribution is 2.40. The summed E-state index contributed by atoms with van der Waals surface area (Å²) in [5, 5.41) is 11.3. The average molecular weight is 570 g/mol. The number of benzene rings is 3. The molecule has 1 amide bonds. The fraction of sp³-hybridized carbons (Fsp3) is 0.250. The molecule has 12 heteroatoms. The van der Waals surface area contributed by atoms with Gasteiger partial charge in [-0.25, -0.2) is 4.68 Å². The zero-order valence-corrected chi connectivity index (χ0v) is 23.7. The number of anilines is 1. The Balaban J connectivity index is 0.00000441. The van der Waals surface area contributed by atoms with Gasteiger partial charge in [-0.1, -0.05) is 17.3 Å². The molecular weight excluding hydrogens is 538 g/mol. The van der Waals surface area contributed by atoms with Crippen molar-refractivity contribution in [2.45, 2.75) is 12.5 Å². The van der Waals surface area contributed by atoms with Crippen molar-refractivity contribution in [3.63, 3.8) is 0 Å². The molecule has 0 spiro atoms. The van der Waals surface area contributed by atoms with Gasteiger partial charge in [0, 0.05) is 17.7 Å². The maximum absolute atomic E-state index is 13.0. The second-order valence-electron chi connectivity index (χ2n) is 8.48. The van der Waals surface area contributed by atoms with Crippen molar-refractivity contribution in [1.82, 2.24) is 15.0 Å². The number of nitrogens with two attached hydrogens (primary N) is 1. The molecular formula is C28H32ClN5O6. The van der Waals surface area contributed by atoms with E-state index in [1.807, 2.05) is 30.3 Å². The van der Waals surface area contributed by atoms with Gasteiger partial charge in [-0.3, -0.25) is 4.79 Å². The van der Waals surface area contributed by atoms with E-state index < -0.39 is 6.04 Å². The maximum Gasteiger partial charge on any atom is 0.241 e. The van der Waals surface area contributed by atoms with E-state index in [1.54, 1.807) is 56.5 Å². The normalized spacial score (nSPS) is 11.2. The van der Waals surface area contributed by atoms with E-state index in [-0.39, 0.29) is 18.3 Å². The van der Waals surface area contributed by atoms with E-state index in [0.717, 1.165) is 16.9 Å². The molecule has 4 rings (SSSR count). The van der Waals surface area contributed by atoms with Gasteiger partial charge in [-0.2, -0.15) is 0 Å². The van der Waals surface area contributed by atoms with Crippen molar-refractivity contribution in [1.29, 1.82) is 0 Å². The standard InChI is InChI=1S/C28H31N5O6.ClH/c1-35-20-9-6-17(7-10-20)12-21(29)28(34)31-22-13-18(8-11-24(22)36-2)23-16-30-32-33(23)19-14-25(37-3)27(39-5)26(15-19)38-4;/h6-11,13-16,21H,12,29H2,1-5H3,(H,31,34);1H. The Morgan fingerprint density at radius 1 is 0.875 bits per heavy atom. The van der Waals surface area contributed by atoms with E-state index in [9.17, 15) is 4.79 Å². The van der Waals surface area contributed by atoms with Gasteiger partial charge in [0.1, 0.15) is 11.5 Å². The number of hydrogen-bond donors (Lipinski definition) is 2. The average Bonchev–Trinajstić information content (AvgIpc) is 3.46. The lowest BCUT2D eigenvalue weighted by atomic mass is 10.1. The number of nitrogens with one attached hydrogen (secondary N) is 1. The molecule has 40 heavy (non-hydrogen) atoms. The molecule has 1 unspecified atom stereocenters. The van der Waals surface area contributed by atoms with Gasteiger partial charge < -0.3 is 34.7 Å². The van der Waals surface area contributed by atoms with E-state index in [0.29, 0.717) is 46.5 Å². The van der Waals surface area contributed by atoms with Crippen molar-refractivity contribution < 1.29 is 28.5 Å². The highest BCUT2D eigenvalue weighted by Gasteiger charge is 2.20. The molecule has 3 aromatic carbocycles. The van der Waals surface area contributed by atoms with Crippen LogP contribution in [0.25, 0.3) is 16.9 Å². The van der Waals surface area contributed by atoms with E-state index in [2.05, 4.69) is 15.6 Å². The van der Waals surface area contributed by atoms with Gasteiger partial charge in [0.15, 0.2) is 11.5 Å². The van der Waals surface area contributed by atoms with Crippen LogP contribution in [0.5, 0.6) is 28.7 Å². The number of carbonyl (C=O) groups excluding carboxylic acids is 1. The molecule has 3 N–H and O–H groups in total. The molecule has 0 aliphatic rings. The fourth-order valence-electron chi connectivity index (χ4n) is 4.11. The summed E-state index contributed by atoms with van der Waals surface area (Å²) in [5.74, 6) is 2.28. The Labute approximate surface area is 238 Å². The smallest absolute Gasteiger partial charge is 0.241 e. The SMILES string of the molecule is COc1ccc(CC(N)C(=O)Nc2cc(-c3cnnn3-c3cc(OC)c(OC)c(OC)c3)ccc2OC)cc1.Cl. The predicted molar refractivity (Wildman–Crippen MR) is 154 cm³/mol. The van der Waals surface area contributed by atoms with Gasteiger partial charge in [0.25, 0.3) is 0 Å². The molecule has 0 radical (unpaired) electrons. The van der Waals surface area contributed by atoms with Gasteiger partial charge >= 0.3 is 0 Å². The first-order chi connectivity index (χ1) is 18.9. The largest absolute Gasteiger partial charge is 0.497 e. The minimum Gasteiger partial charge on any atom is -0.497 e. The highest BCUT2D eigenvalue weighted by molar-refractivity contribution is 5.96. The summed E-state index contributed by atoms with van der Waals surface area (Å²) in [4.78, 5) is 13.0. The van der Waals surface area contributed by atoms with Gasteiger partial charge in [-0.05, 0) is 42.3 Å². The third kappa shape index (κ3) is 6.38. The van der Waals surface area contributed by atoms with Crippen LogP contribution >= 0.6 is 12.4 Å². The molecule has 0 bridgehead atoms. The number of aromatic nitrogens is 3. The van der Waals surface area contributed by atoms with Crippen molar-refractivity contribution in [2.75, 3.05) is 40.9 Å². The van der Waals surface area contributed by atoms with Crippen molar-refractivity contribution >= 4 is 24.0 Å². The number of methoxy groups -OCH3 is 5. The summed E-state index contributed by atoms with van der Waals surface area (Å²) in [7, 11) is 7.76. The predicted octanol–water partition coefficient (Wildman–Crippen LogP) is 3.91. The number of nitrogens with zero attached hydrogens (tertiary/aromatic N) is 3. The van der Waals surface area contributed by atoms with Crippen molar-refractivity contribution in [3.05, 3.63) is 66.4 Å². The van der Waals surface area contributed by atoms with Crippen LogP contribution in [0.1, 0.15) is 5.56 Å². The topological polar surface area (TPSA) is 132 Å². The van der Waals surface area contributed by atoms with Crippen LogP contribution in [0.4, 0.5) is 5.69 Å². The second-order valence-corrected chi connectivity index (χ2v) is 8.48. The van der Waals surface area contributed by atoms with Crippen molar-refractivity contribution in [3.8, 4) is 45.7 Å². The first-order valence-electron chi connectivity index (χ1n) is 12.0. The summed E-state index contributed by atoms with van der Waals surface area (Å²) in [6.07, 6.45) is 1.97. The molecule has 0 aliphatic heterocycles. The van der Waals surface area contributed by atoms with Crippen LogP contribution < -0.4 is 34.7 Å². The summed E-state index contributed by atoms with van der Waals surface area (Å²) < 4.78 is 28.7. The first kappa shape index (κ1) is 30.1. The third-order valence-corrected chi connectivity index (χ3v) is 6.15. The Morgan fingerprint density at radius 2 is 1.52 bits per heavy atom. The van der Waals surface area contributed by atoms with E-state index >= 15 is 0 Å². The molecule has 212 valence electrons. The molecule has 1 atom stereocenters. The molecule has 1 heterocycles. The minimum absolute atomic E-state index is 0. The van der Waals surface area contributed by atoms with Crippen LogP contribution in [-0.2, 0) is 11.2 Å². The zero-order valence-electron chi connectivity index (χ0n) is 22.8. The minimum atomic E-state index is -0.779. The summed E-state index contributed by atoms with van der Waals surface area (Å²) in [6, 6.07) is 15.6. The molecule has 1 aromatic heterocycles. The number of carbonyl (C=O) groups is 1. The molecule has 0 fully saturated rings. The van der Waals surface area contributed by atoms with E-state index in [1.165, 1.54) is 14.2 Å². The first-order valence-corrected chi connectivity index (χ1v) is 12.0. The molecule has 0 aliphatic carbocycles. The Bertz CT molecular complexity index is 1420. The van der Waals surface area contributed by atoms with E-state index in [4.69, 9.17) is 29.4 Å². The van der Waals surface area contributed by atoms with Crippen LogP contribution in [0, 0.1) is 0 Å². The van der Waals surface area contributed by atoms with Gasteiger partial charge in [0.2, 0.25) is 11.7 Å². The lowest BCUT2D eigenvalue weighted by molar-refractivity contribution is -0.117. The number of hydrogen-bond acceptors (Lipinski definition) is 9. The van der Waals surface area contributed by atoms with Gasteiger partial charge in [0.05, 0.1) is 64.9 Å². The van der Waals surface area contributed by atoms with Crippen LogP contribution in [0.3, 0.4) is 0 Å². The number of ether oxygens (including phenoxy) is 5. The summed E-state index contributed by atoms with van der Waals surface area (Å²) in [6.45, 7) is 0. The molecule has 11 nitrogen and oxygen atoms in total. The Morgan fingerprint density at radius 3 is 2.10 bits per heavy atom. The van der Waals surface area contributed by atoms with Gasteiger partial charge in [-0.15, -0.1) is 17.5 Å². The number of halogens is 1.